The number of benzene rings is 3. The summed E-state index contributed by atoms with van der Waals surface area (Å²) in [5, 5.41) is 12.0. The zero-order valence-corrected chi connectivity index (χ0v) is 25.5. The van der Waals surface area contributed by atoms with Crippen molar-refractivity contribution in [1.29, 1.82) is 0 Å². The van der Waals surface area contributed by atoms with E-state index in [1.807, 2.05) is 45.0 Å². The van der Waals surface area contributed by atoms with E-state index in [2.05, 4.69) is 6.58 Å². The van der Waals surface area contributed by atoms with Crippen LogP contribution in [0.1, 0.15) is 43.5 Å². The van der Waals surface area contributed by atoms with Gasteiger partial charge in [0.05, 0.1) is 35.0 Å². The highest BCUT2D eigenvalue weighted by atomic mass is 32.1. The Bertz CT molecular complexity index is 1810. The number of rotatable bonds is 10. The number of Topliss-reactive ketones (excluding diaryl/α,β-unsaturated/α-hetero) is 1. The fourth-order valence-electron chi connectivity index (χ4n) is 5.55. The van der Waals surface area contributed by atoms with Crippen LogP contribution in [0.25, 0.3) is 16.0 Å². The molecule has 3 heterocycles. The number of amides is 1. The molecule has 0 aliphatic carbocycles. The number of anilines is 1. The Morgan fingerprint density at radius 1 is 1.07 bits per heavy atom. The van der Waals surface area contributed by atoms with Crippen molar-refractivity contribution in [2.45, 2.75) is 39.3 Å². The van der Waals surface area contributed by atoms with Crippen LogP contribution in [0.2, 0.25) is 0 Å². The first-order valence-electron chi connectivity index (χ1n) is 14.5. The predicted molar refractivity (Wildman–Crippen MR) is 169 cm³/mol. The lowest BCUT2D eigenvalue weighted by Crippen LogP contribution is -2.29. The van der Waals surface area contributed by atoms with Crippen LogP contribution in [0.15, 0.2) is 72.8 Å². The number of fused-ring (bicyclic) bond motifs is 2. The summed E-state index contributed by atoms with van der Waals surface area (Å²) in [5.41, 5.74) is 2.51. The maximum Gasteiger partial charge on any atom is 0.301 e. The molecule has 1 amide bonds. The molecule has 0 saturated carbocycles. The Balaban J connectivity index is 1.52. The summed E-state index contributed by atoms with van der Waals surface area (Å²) in [7, 11) is 0. The number of thiazole rings is 1. The van der Waals surface area contributed by atoms with Gasteiger partial charge >= 0.3 is 5.91 Å². The van der Waals surface area contributed by atoms with Crippen molar-refractivity contribution in [3.8, 4) is 23.0 Å². The molecule has 10 heteroatoms. The molecule has 0 bridgehead atoms. The van der Waals surface area contributed by atoms with E-state index in [1.165, 1.54) is 16.2 Å². The van der Waals surface area contributed by atoms with Crippen LogP contribution in [-0.2, 0) is 16.0 Å². The molecule has 3 aromatic carbocycles. The van der Waals surface area contributed by atoms with E-state index in [1.54, 1.807) is 36.4 Å². The van der Waals surface area contributed by atoms with Gasteiger partial charge in [-0.2, -0.15) is 0 Å². The topological polar surface area (TPSA) is 107 Å². The third-order valence-electron chi connectivity index (χ3n) is 7.42. The Hall–Kier alpha value is -4.83. The van der Waals surface area contributed by atoms with Crippen LogP contribution in [-0.4, -0.2) is 47.7 Å². The standard InChI is InChI=1S/C34H32N2O7S/c1-5-14-42-26-13-8-20(17-27(26)41-7-3)30-29(31(37)21-9-12-25-22(16-21)15-19(4)43-25)32(38)33(39)36(30)34-35-24-11-10-23(40-6-2)18-28(24)44-34/h5,8-13,16-19,30,37H,1,6-7,14-15H2,2-4H3/b31-29+/t19-,30+/m1/s1. The van der Waals surface area contributed by atoms with Crippen molar-refractivity contribution >= 4 is 44.1 Å². The number of carbonyl (C=O) groups is 2. The number of nitrogens with zero attached hydrogens (tertiary/aromatic N) is 2. The Kier molecular flexibility index (Phi) is 8.01. The summed E-state index contributed by atoms with van der Waals surface area (Å²) < 4.78 is 23.9. The average molecular weight is 613 g/mol. The van der Waals surface area contributed by atoms with Gasteiger partial charge in [-0.05, 0) is 80.4 Å². The molecule has 1 saturated heterocycles. The molecule has 0 spiro atoms. The molecule has 2 aliphatic heterocycles. The Labute approximate surface area is 259 Å². The first-order chi connectivity index (χ1) is 21.3. The third-order valence-corrected chi connectivity index (χ3v) is 8.44. The van der Waals surface area contributed by atoms with Gasteiger partial charge in [0.15, 0.2) is 16.6 Å². The molecule has 4 aromatic rings. The Morgan fingerprint density at radius 3 is 2.66 bits per heavy atom. The van der Waals surface area contributed by atoms with E-state index in [9.17, 15) is 14.7 Å². The van der Waals surface area contributed by atoms with Gasteiger partial charge in [0.25, 0.3) is 5.78 Å². The lowest BCUT2D eigenvalue weighted by atomic mass is 9.94. The fraction of sp³-hybridized carbons (Fsp3) is 0.265. The van der Waals surface area contributed by atoms with Crippen molar-refractivity contribution < 1.29 is 33.6 Å². The summed E-state index contributed by atoms with van der Waals surface area (Å²) in [6, 6.07) is 15.0. The number of aliphatic hydroxyl groups excluding tert-OH is 1. The van der Waals surface area contributed by atoms with E-state index in [4.69, 9.17) is 23.9 Å². The number of ether oxygens (including phenoxy) is 4. The van der Waals surface area contributed by atoms with Gasteiger partial charge < -0.3 is 24.1 Å². The number of aromatic nitrogens is 1. The number of ketones is 1. The summed E-state index contributed by atoms with van der Waals surface area (Å²) in [4.78, 5) is 33.7. The highest BCUT2D eigenvalue weighted by Gasteiger charge is 2.48. The van der Waals surface area contributed by atoms with Gasteiger partial charge in [-0.3, -0.25) is 14.5 Å². The highest BCUT2D eigenvalue weighted by molar-refractivity contribution is 7.22. The summed E-state index contributed by atoms with van der Waals surface area (Å²) >= 11 is 1.27. The molecule has 1 N–H and O–H groups in total. The number of hydrogen-bond acceptors (Lipinski definition) is 9. The molecule has 2 atom stereocenters. The van der Waals surface area contributed by atoms with Crippen LogP contribution >= 0.6 is 11.3 Å². The first-order valence-corrected chi connectivity index (χ1v) is 15.3. The monoisotopic (exact) mass is 612 g/mol. The normalized spacial score (nSPS) is 18.8. The van der Waals surface area contributed by atoms with Crippen molar-refractivity contribution in [2.75, 3.05) is 24.7 Å². The van der Waals surface area contributed by atoms with Gasteiger partial charge in [0, 0.05) is 12.0 Å². The molecule has 2 aliphatic rings. The summed E-state index contributed by atoms with van der Waals surface area (Å²) in [6.45, 7) is 10.6. The molecule has 6 rings (SSSR count). The first kappa shape index (κ1) is 29.3. The van der Waals surface area contributed by atoms with Crippen LogP contribution in [0.3, 0.4) is 0 Å². The Morgan fingerprint density at radius 2 is 1.89 bits per heavy atom. The molecule has 0 unspecified atom stereocenters. The predicted octanol–water partition coefficient (Wildman–Crippen LogP) is 6.61. The minimum absolute atomic E-state index is 0.00839. The minimum atomic E-state index is -0.988. The maximum absolute atomic E-state index is 13.8. The van der Waals surface area contributed by atoms with E-state index >= 15 is 0 Å². The van der Waals surface area contributed by atoms with Gasteiger partial charge in [-0.15, -0.1) is 0 Å². The van der Waals surface area contributed by atoms with Crippen LogP contribution in [0.5, 0.6) is 23.0 Å². The quantitative estimate of drug-likeness (QED) is 0.0923. The van der Waals surface area contributed by atoms with E-state index in [0.717, 1.165) is 16.0 Å². The molecule has 226 valence electrons. The lowest BCUT2D eigenvalue weighted by Gasteiger charge is -2.24. The maximum atomic E-state index is 13.8. The van der Waals surface area contributed by atoms with Crippen molar-refractivity contribution in [1.82, 2.24) is 4.98 Å². The fourth-order valence-corrected chi connectivity index (χ4v) is 6.57. The second-order valence-corrected chi connectivity index (χ2v) is 11.4. The minimum Gasteiger partial charge on any atom is -0.507 e. The zero-order chi connectivity index (χ0) is 31.0. The lowest BCUT2D eigenvalue weighted by molar-refractivity contribution is -0.132. The molecular weight excluding hydrogens is 580 g/mol. The number of carbonyl (C=O) groups excluding carboxylic acids is 2. The van der Waals surface area contributed by atoms with Crippen LogP contribution in [0.4, 0.5) is 5.13 Å². The van der Waals surface area contributed by atoms with Crippen LogP contribution < -0.4 is 23.8 Å². The second-order valence-electron chi connectivity index (χ2n) is 10.4. The molecule has 44 heavy (non-hydrogen) atoms. The third kappa shape index (κ3) is 5.26. The average Bonchev–Trinajstić information content (AvgIpc) is 3.68. The van der Waals surface area contributed by atoms with Gasteiger partial charge in [-0.1, -0.05) is 30.1 Å². The van der Waals surface area contributed by atoms with Gasteiger partial charge in [0.1, 0.15) is 30.0 Å². The van der Waals surface area contributed by atoms with Crippen molar-refractivity contribution in [2.24, 2.45) is 0 Å². The van der Waals surface area contributed by atoms with Gasteiger partial charge in [0.2, 0.25) is 0 Å². The molecule has 1 aromatic heterocycles. The van der Waals surface area contributed by atoms with Gasteiger partial charge in [-0.25, -0.2) is 4.98 Å². The number of hydrogen-bond donors (Lipinski definition) is 1. The molecule has 9 nitrogen and oxygen atoms in total. The highest BCUT2D eigenvalue weighted by Crippen LogP contribution is 2.46. The smallest absolute Gasteiger partial charge is 0.301 e. The van der Waals surface area contributed by atoms with E-state index < -0.39 is 17.7 Å². The molecular formula is C34H32N2O7S. The van der Waals surface area contributed by atoms with E-state index in [-0.39, 0.29) is 24.0 Å². The second kappa shape index (κ2) is 12.0. The number of aliphatic hydroxyl groups is 1. The van der Waals surface area contributed by atoms with E-state index in [0.29, 0.717) is 58.7 Å². The van der Waals surface area contributed by atoms with Crippen molar-refractivity contribution in [3.05, 3.63) is 89.5 Å². The SMILES string of the molecule is C=CCOc1ccc([C@H]2/C(=C(\O)c3ccc4c(c3)C[C@@H](C)O4)C(=O)C(=O)N2c2nc3ccc(OCC)cc3s2)cc1OCC. The zero-order valence-electron chi connectivity index (χ0n) is 24.7. The summed E-state index contributed by atoms with van der Waals surface area (Å²) in [6.07, 6.45) is 2.31. The molecule has 0 radical (unpaired) electrons. The molecule has 1 fully saturated rings. The largest absolute Gasteiger partial charge is 0.507 e. The van der Waals surface area contributed by atoms with Crippen LogP contribution in [0, 0.1) is 0 Å². The van der Waals surface area contributed by atoms with Crippen molar-refractivity contribution in [3.63, 3.8) is 0 Å². The summed E-state index contributed by atoms with van der Waals surface area (Å²) in [5.74, 6) is 0.474.